The lowest BCUT2D eigenvalue weighted by atomic mass is 10.1. The summed E-state index contributed by atoms with van der Waals surface area (Å²) in [5.74, 6) is -0.425. The molecule has 0 bridgehead atoms. The van der Waals surface area contributed by atoms with E-state index in [2.05, 4.69) is 10.5 Å². The van der Waals surface area contributed by atoms with Gasteiger partial charge in [-0.2, -0.15) is 0 Å². The molecule has 0 aliphatic heterocycles. The number of amides is 1. The number of rotatable bonds is 4. The molecule has 2 aromatic carbocycles. The van der Waals surface area contributed by atoms with Crippen molar-refractivity contribution in [1.82, 2.24) is 10.5 Å². The van der Waals surface area contributed by atoms with Crippen LogP contribution in [0.15, 0.2) is 42.5 Å². The molecule has 4 nitrogen and oxygen atoms in total. The minimum absolute atomic E-state index is 0.259. The molecule has 1 heterocycles. The summed E-state index contributed by atoms with van der Waals surface area (Å²) < 4.78 is 0. The molecule has 0 aliphatic rings. The predicted octanol–water partition coefficient (Wildman–Crippen LogP) is 6.90. The SMILES string of the molecule is CC(C)(C)ONC(=O)c1nc(-c2ccc(Cl)cc2)c(-c2ccc(Cl)cc2Cl)s1. The molecular weight excluding hydrogens is 439 g/mol. The minimum atomic E-state index is -0.520. The molecule has 0 fully saturated rings. The van der Waals surface area contributed by atoms with Crippen molar-refractivity contribution in [3.05, 3.63) is 62.5 Å². The van der Waals surface area contributed by atoms with Gasteiger partial charge in [0.2, 0.25) is 0 Å². The maximum absolute atomic E-state index is 12.5. The van der Waals surface area contributed by atoms with E-state index in [1.165, 1.54) is 11.3 Å². The number of nitrogens with one attached hydrogen (secondary N) is 1. The van der Waals surface area contributed by atoms with E-state index < -0.39 is 11.5 Å². The van der Waals surface area contributed by atoms with Crippen LogP contribution >= 0.6 is 46.1 Å². The maximum Gasteiger partial charge on any atom is 0.303 e. The third-order valence-corrected chi connectivity index (χ3v) is 5.45. The number of nitrogens with zero attached hydrogens (tertiary/aromatic N) is 1. The second-order valence-electron chi connectivity index (χ2n) is 6.97. The second kappa shape index (κ2) is 8.39. The van der Waals surface area contributed by atoms with Crippen molar-refractivity contribution in [3.63, 3.8) is 0 Å². The minimum Gasteiger partial charge on any atom is -0.268 e. The number of hydrogen-bond acceptors (Lipinski definition) is 4. The second-order valence-corrected chi connectivity index (χ2v) is 9.25. The van der Waals surface area contributed by atoms with Crippen LogP contribution in [0.3, 0.4) is 0 Å². The molecule has 0 saturated heterocycles. The van der Waals surface area contributed by atoms with Crippen LogP contribution in [0, 0.1) is 0 Å². The van der Waals surface area contributed by atoms with Crippen LogP contribution in [-0.2, 0) is 4.84 Å². The number of carbonyl (C=O) groups is 1. The number of hydrogen-bond donors (Lipinski definition) is 1. The van der Waals surface area contributed by atoms with Gasteiger partial charge in [0.15, 0.2) is 5.01 Å². The van der Waals surface area contributed by atoms with Crippen molar-refractivity contribution in [3.8, 4) is 21.7 Å². The van der Waals surface area contributed by atoms with Gasteiger partial charge in [0, 0.05) is 21.2 Å². The molecule has 0 unspecified atom stereocenters. The lowest BCUT2D eigenvalue weighted by Gasteiger charge is -2.18. The van der Waals surface area contributed by atoms with E-state index in [9.17, 15) is 4.79 Å². The Hall–Kier alpha value is -1.63. The molecule has 0 aliphatic carbocycles. The molecule has 1 amide bonds. The number of hydroxylamine groups is 1. The first-order valence-electron chi connectivity index (χ1n) is 8.34. The molecule has 1 N–H and O–H groups in total. The van der Waals surface area contributed by atoms with E-state index in [1.54, 1.807) is 24.3 Å². The summed E-state index contributed by atoms with van der Waals surface area (Å²) in [5.41, 5.74) is 4.12. The van der Waals surface area contributed by atoms with Crippen LogP contribution in [0.25, 0.3) is 21.7 Å². The van der Waals surface area contributed by atoms with Crippen molar-refractivity contribution in [2.75, 3.05) is 0 Å². The Kier molecular flexibility index (Phi) is 6.32. The Morgan fingerprint density at radius 1 is 1.04 bits per heavy atom. The predicted molar refractivity (Wildman–Crippen MR) is 116 cm³/mol. The highest BCUT2D eigenvalue weighted by atomic mass is 35.5. The first-order chi connectivity index (χ1) is 13.1. The molecule has 0 radical (unpaired) electrons. The van der Waals surface area contributed by atoms with Crippen LogP contribution in [0.5, 0.6) is 0 Å². The van der Waals surface area contributed by atoms with E-state index in [0.717, 1.165) is 16.0 Å². The van der Waals surface area contributed by atoms with Gasteiger partial charge in [-0.1, -0.05) is 53.0 Å². The molecule has 0 saturated carbocycles. The molecule has 28 heavy (non-hydrogen) atoms. The first kappa shape index (κ1) is 21.1. The quantitative estimate of drug-likeness (QED) is 0.435. The van der Waals surface area contributed by atoms with Crippen LogP contribution in [0.2, 0.25) is 15.1 Å². The molecule has 1 aromatic heterocycles. The van der Waals surface area contributed by atoms with Crippen LogP contribution in [-0.4, -0.2) is 16.5 Å². The van der Waals surface area contributed by atoms with Gasteiger partial charge in [0.1, 0.15) is 0 Å². The average Bonchev–Trinajstić information content (AvgIpc) is 3.05. The molecule has 0 spiro atoms. The number of thiazole rings is 1. The summed E-state index contributed by atoms with van der Waals surface area (Å²) in [6.45, 7) is 5.52. The lowest BCUT2D eigenvalue weighted by molar-refractivity contribution is -0.0589. The van der Waals surface area contributed by atoms with Gasteiger partial charge in [0.25, 0.3) is 0 Å². The highest BCUT2D eigenvalue weighted by molar-refractivity contribution is 7.17. The summed E-state index contributed by atoms with van der Waals surface area (Å²) >= 11 is 19.7. The lowest BCUT2D eigenvalue weighted by Crippen LogP contribution is -2.33. The third kappa shape index (κ3) is 5.04. The summed E-state index contributed by atoms with van der Waals surface area (Å²) in [5, 5.41) is 1.88. The fraction of sp³-hybridized carbons (Fsp3) is 0.200. The number of carbonyl (C=O) groups excluding carboxylic acids is 1. The highest BCUT2D eigenvalue weighted by Crippen LogP contribution is 2.41. The third-order valence-electron chi connectivity index (χ3n) is 3.56. The summed E-state index contributed by atoms with van der Waals surface area (Å²) in [6.07, 6.45) is 0. The molecule has 3 rings (SSSR count). The fourth-order valence-electron chi connectivity index (χ4n) is 2.32. The summed E-state index contributed by atoms with van der Waals surface area (Å²) in [7, 11) is 0. The van der Waals surface area contributed by atoms with Crippen molar-refractivity contribution in [2.45, 2.75) is 26.4 Å². The van der Waals surface area contributed by atoms with Gasteiger partial charge in [-0.3, -0.25) is 9.63 Å². The van der Waals surface area contributed by atoms with E-state index in [0.29, 0.717) is 20.8 Å². The van der Waals surface area contributed by atoms with Gasteiger partial charge >= 0.3 is 5.91 Å². The molecule has 3 aromatic rings. The van der Waals surface area contributed by atoms with Crippen molar-refractivity contribution in [1.29, 1.82) is 0 Å². The Bertz CT molecular complexity index is 1010. The summed E-state index contributed by atoms with van der Waals surface area (Å²) in [4.78, 5) is 23.2. The van der Waals surface area contributed by atoms with Gasteiger partial charge < -0.3 is 0 Å². The Balaban J connectivity index is 2.07. The normalized spacial score (nSPS) is 11.5. The van der Waals surface area contributed by atoms with Crippen LogP contribution < -0.4 is 5.48 Å². The molecular formula is C20H17Cl3N2O2S. The molecule has 146 valence electrons. The fourth-order valence-corrected chi connectivity index (χ4v) is 4.02. The maximum atomic E-state index is 12.5. The zero-order valence-corrected chi connectivity index (χ0v) is 18.4. The van der Waals surface area contributed by atoms with E-state index >= 15 is 0 Å². The first-order valence-corrected chi connectivity index (χ1v) is 10.3. The molecule has 0 atom stereocenters. The van der Waals surface area contributed by atoms with E-state index in [1.807, 2.05) is 39.0 Å². The standard InChI is InChI=1S/C20H17Cl3N2O2S/c1-20(2,3)27-25-18(26)19-24-16(11-4-6-12(21)7-5-11)17(28-19)14-9-8-13(22)10-15(14)23/h4-10H,1-3H3,(H,25,26). The van der Waals surface area contributed by atoms with Gasteiger partial charge in [-0.05, 0) is 45.0 Å². The number of benzene rings is 2. The van der Waals surface area contributed by atoms with E-state index in [-0.39, 0.29) is 5.01 Å². The van der Waals surface area contributed by atoms with Gasteiger partial charge in [0.05, 0.1) is 21.2 Å². The Labute approximate surface area is 182 Å². The van der Waals surface area contributed by atoms with Crippen LogP contribution in [0.1, 0.15) is 30.6 Å². The largest absolute Gasteiger partial charge is 0.303 e. The van der Waals surface area contributed by atoms with Gasteiger partial charge in [-0.25, -0.2) is 10.5 Å². The van der Waals surface area contributed by atoms with Crippen molar-refractivity contribution < 1.29 is 9.63 Å². The summed E-state index contributed by atoms with van der Waals surface area (Å²) in [6, 6.07) is 12.4. The topological polar surface area (TPSA) is 51.2 Å². The van der Waals surface area contributed by atoms with Crippen LogP contribution in [0.4, 0.5) is 0 Å². The average molecular weight is 456 g/mol. The van der Waals surface area contributed by atoms with Crippen molar-refractivity contribution >= 4 is 52.0 Å². The zero-order valence-electron chi connectivity index (χ0n) is 15.3. The smallest absolute Gasteiger partial charge is 0.268 e. The molecule has 8 heteroatoms. The van der Waals surface area contributed by atoms with Crippen molar-refractivity contribution in [2.24, 2.45) is 0 Å². The van der Waals surface area contributed by atoms with Gasteiger partial charge in [-0.15, -0.1) is 11.3 Å². The zero-order chi connectivity index (χ0) is 20.5. The Morgan fingerprint density at radius 2 is 1.68 bits per heavy atom. The Morgan fingerprint density at radius 3 is 2.29 bits per heavy atom. The van der Waals surface area contributed by atoms with E-state index in [4.69, 9.17) is 39.6 Å². The highest BCUT2D eigenvalue weighted by Gasteiger charge is 2.22. The number of aromatic nitrogens is 1. The monoisotopic (exact) mass is 454 g/mol. The number of halogens is 3.